The van der Waals surface area contributed by atoms with E-state index in [4.69, 9.17) is 0 Å². The Labute approximate surface area is 121 Å². The molecule has 1 aliphatic carbocycles. The molecule has 0 aliphatic heterocycles. The zero-order valence-corrected chi connectivity index (χ0v) is 11.3. The first kappa shape index (κ1) is 13.5. The lowest BCUT2D eigenvalue weighted by atomic mass is 10.2. The number of hydrogen-bond donors (Lipinski definition) is 2. The molecule has 0 spiro atoms. The smallest absolute Gasteiger partial charge is 0.271 e. The molecule has 2 N–H and O–H groups in total. The Hall–Kier alpha value is -2.50. The summed E-state index contributed by atoms with van der Waals surface area (Å²) >= 11 is 0. The van der Waals surface area contributed by atoms with E-state index in [9.17, 15) is 9.18 Å². The fraction of sp³-hybridized carbons (Fsp3) is 0.267. The fourth-order valence-corrected chi connectivity index (χ4v) is 1.83. The predicted octanol–water partition coefficient (Wildman–Crippen LogP) is 2.12. The minimum Gasteiger partial charge on any atom is -0.366 e. The van der Waals surface area contributed by atoms with Crippen LogP contribution in [0.5, 0.6) is 0 Å². The Morgan fingerprint density at radius 1 is 1.19 bits per heavy atom. The molecule has 1 saturated carbocycles. The molecule has 0 unspecified atom stereocenters. The molecule has 1 aliphatic rings. The second-order valence-electron chi connectivity index (χ2n) is 5.01. The summed E-state index contributed by atoms with van der Waals surface area (Å²) in [5, 5.41) is 5.93. The van der Waals surface area contributed by atoms with Crippen LogP contribution < -0.4 is 10.6 Å². The summed E-state index contributed by atoms with van der Waals surface area (Å²) in [5.74, 6) is 0.0899. The first-order valence-electron chi connectivity index (χ1n) is 6.82. The molecule has 1 aromatic carbocycles. The monoisotopic (exact) mass is 286 g/mol. The largest absolute Gasteiger partial charge is 0.366 e. The molecule has 21 heavy (non-hydrogen) atoms. The first-order valence-corrected chi connectivity index (χ1v) is 6.82. The summed E-state index contributed by atoms with van der Waals surface area (Å²) in [6, 6.07) is 6.48. The molecule has 5 nitrogen and oxygen atoms in total. The van der Waals surface area contributed by atoms with Gasteiger partial charge in [-0.25, -0.2) is 14.4 Å². The van der Waals surface area contributed by atoms with Gasteiger partial charge in [0.15, 0.2) is 0 Å². The normalized spacial score (nSPS) is 13.8. The summed E-state index contributed by atoms with van der Waals surface area (Å²) in [6.45, 7) is 0.322. The van der Waals surface area contributed by atoms with Gasteiger partial charge >= 0.3 is 0 Å². The van der Waals surface area contributed by atoms with Gasteiger partial charge in [-0.15, -0.1) is 0 Å². The summed E-state index contributed by atoms with van der Waals surface area (Å²) in [6.07, 6.45) is 5.32. The Bertz CT molecular complexity index is 623. The van der Waals surface area contributed by atoms with Gasteiger partial charge in [0.25, 0.3) is 5.91 Å². The van der Waals surface area contributed by atoms with Crippen molar-refractivity contribution >= 4 is 11.7 Å². The van der Waals surface area contributed by atoms with E-state index in [1.165, 1.54) is 18.3 Å². The lowest BCUT2D eigenvalue weighted by molar-refractivity contribution is 0.0945. The van der Waals surface area contributed by atoms with Crippen LogP contribution in [0.25, 0.3) is 0 Å². The quantitative estimate of drug-likeness (QED) is 0.883. The molecular formula is C15H15FN4O. The minimum atomic E-state index is -0.301. The lowest BCUT2D eigenvalue weighted by Gasteiger charge is -2.06. The van der Waals surface area contributed by atoms with Crippen LogP contribution in [-0.4, -0.2) is 21.9 Å². The molecule has 3 rings (SSSR count). The zero-order chi connectivity index (χ0) is 14.7. The molecule has 1 fully saturated rings. The van der Waals surface area contributed by atoms with E-state index in [0.29, 0.717) is 18.4 Å². The second kappa shape index (κ2) is 5.87. The van der Waals surface area contributed by atoms with Crippen LogP contribution in [0.4, 0.5) is 10.2 Å². The zero-order valence-electron chi connectivity index (χ0n) is 11.3. The first-order chi connectivity index (χ1) is 10.2. The molecule has 0 saturated heterocycles. The van der Waals surface area contributed by atoms with Crippen molar-refractivity contribution in [1.82, 2.24) is 15.3 Å². The van der Waals surface area contributed by atoms with E-state index in [1.54, 1.807) is 18.3 Å². The van der Waals surface area contributed by atoms with Crippen LogP contribution in [0.2, 0.25) is 0 Å². The maximum atomic E-state index is 12.8. The van der Waals surface area contributed by atoms with Gasteiger partial charge in [0.1, 0.15) is 17.3 Å². The van der Waals surface area contributed by atoms with E-state index < -0.39 is 0 Å². The molecule has 1 heterocycles. The predicted molar refractivity (Wildman–Crippen MR) is 76.2 cm³/mol. The maximum Gasteiger partial charge on any atom is 0.271 e. The molecule has 108 valence electrons. The number of anilines is 1. The summed E-state index contributed by atoms with van der Waals surface area (Å²) < 4.78 is 12.8. The van der Waals surface area contributed by atoms with Crippen molar-refractivity contribution in [1.29, 1.82) is 0 Å². The van der Waals surface area contributed by atoms with Crippen LogP contribution in [-0.2, 0) is 6.54 Å². The average molecular weight is 286 g/mol. The summed E-state index contributed by atoms with van der Waals surface area (Å²) in [7, 11) is 0. The number of hydrogen-bond acceptors (Lipinski definition) is 4. The van der Waals surface area contributed by atoms with Crippen molar-refractivity contribution < 1.29 is 9.18 Å². The highest BCUT2D eigenvalue weighted by Gasteiger charge is 2.21. The number of carbonyl (C=O) groups is 1. The third-order valence-corrected chi connectivity index (χ3v) is 3.18. The Kier molecular flexibility index (Phi) is 3.77. The number of nitrogens with one attached hydrogen (secondary N) is 2. The van der Waals surface area contributed by atoms with Gasteiger partial charge in [0.2, 0.25) is 0 Å². The molecule has 6 heteroatoms. The average Bonchev–Trinajstić information content (AvgIpc) is 3.31. The number of carbonyl (C=O) groups excluding carboxylic acids is 1. The number of halogens is 1. The molecular weight excluding hydrogens is 271 g/mol. The third-order valence-electron chi connectivity index (χ3n) is 3.18. The van der Waals surface area contributed by atoms with Crippen molar-refractivity contribution in [2.45, 2.75) is 25.4 Å². The van der Waals surface area contributed by atoms with Gasteiger partial charge in [-0.1, -0.05) is 12.1 Å². The fourth-order valence-electron chi connectivity index (χ4n) is 1.83. The van der Waals surface area contributed by atoms with Crippen LogP contribution in [0.15, 0.2) is 36.7 Å². The van der Waals surface area contributed by atoms with Crippen molar-refractivity contribution in [3.05, 3.63) is 53.7 Å². The van der Waals surface area contributed by atoms with Gasteiger partial charge in [0, 0.05) is 12.6 Å². The van der Waals surface area contributed by atoms with Crippen LogP contribution in [0.3, 0.4) is 0 Å². The van der Waals surface area contributed by atoms with E-state index in [1.807, 2.05) is 0 Å². The number of rotatable bonds is 5. The number of nitrogens with zero attached hydrogens (tertiary/aromatic N) is 2. The molecule has 1 aromatic heterocycles. The molecule has 0 radical (unpaired) electrons. The maximum absolute atomic E-state index is 12.8. The van der Waals surface area contributed by atoms with Gasteiger partial charge in [-0.3, -0.25) is 4.79 Å². The van der Waals surface area contributed by atoms with Crippen LogP contribution in [0, 0.1) is 5.82 Å². The Morgan fingerprint density at radius 2 is 1.95 bits per heavy atom. The number of amides is 1. The highest BCUT2D eigenvalue weighted by Crippen LogP contribution is 2.23. The van der Waals surface area contributed by atoms with Gasteiger partial charge in [0.05, 0.1) is 12.4 Å². The summed E-state index contributed by atoms with van der Waals surface area (Å²) in [4.78, 5) is 20.2. The lowest BCUT2D eigenvalue weighted by Crippen LogP contribution is -2.24. The number of benzene rings is 1. The SMILES string of the molecule is O=C(NCc1ccc(F)cc1)c1cnc(NC2CC2)cn1. The van der Waals surface area contributed by atoms with Crippen LogP contribution in [0.1, 0.15) is 28.9 Å². The molecule has 1 amide bonds. The molecule has 0 atom stereocenters. The van der Waals surface area contributed by atoms with Gasteiger partial charge < -0.3 is 10.6 Å². The van der Waals surface area contributed by atoms with E-state index >= 15 is 0 Å². The van der Waals surface area contributed by atoms with E-state index in [2.05, 4.69) is 20.6 Å². The van der Waals surface area contributed by atoms with Gasteiger partial charge in [-0.05, 0) is 30.5 Å². The molecule has 0 bridgehead atoms. The van der Waals surface area contributed by atoms with E-state index in [0.717, 1.165) is 18.4 Å². The minimum absolute atomic E-state index is 0.262. The Morgan fingerprint density at radius 3 is 2.57 bits per heavy atom. The number of aromatic nitrogens is 2. The topological polar surface area (TPSA) is 66.9 Å². The van der Waals surface area contributed by atoms with Crippen molar-refractivity contribution in [2.24, 2.45) is 0 Å². The molecule has 2 aromatic rings. The van der Waals surface area contributed by atoms with Gasteiger partial charge in [-0.2, -0.15) is 0 Å². The highest BCUT2D eigenvalue weighted by molar-refractivity contribution is 5.91. The van der Waals surface area contributed by atoms with Crippen molar-refractivity contribution in [3.8, 4) is 0 Å². The van der Waals surface area contributed by atoms with Crippen molar-refractivity contribution in [3.63, 3.8) is 0 Å². The third kappa shape index (κ3) is 3.75. The Balaban J connectivity index is 1.55. The van der Waals surface area contributed by atoms with Crippen LogP contribution >= 0.6 is 0 Å². The second-order valence-corrected chi connectivity index (χ2v) is 5.01. The highest BCUT2D eigenvalue weighted by atomic mass is 19.1. The summed E-state index contributed by atoms with van der Waals surface area (Å²) in [5.41, 5.74) is 1.09. The van der Waals surface area contributed by atoms with E-state index in [-0.39, 0.29) is 17.4 Å². The standard InChI is InChI=1S/C15H15FN4O/c16-11-3-1-10(2-4-11)7-19-15(21)13-8-18-14(9-17-13)20-12-5-6-12/h1-4,8-9,12H,5-7H2,(H,18,20)(H,19,21). The van der Waals surface area contributed by atoms with Crippen molar-refractivity contribution in [2.75, 3.05) is 5.32 Å².